The molecule has 0 aliphatic heterocycles. The van der Waals surface area contributed by atoms with Crippen LogP contribution in [0.5, 0.6) is 0 Å². The number of fused-ring (bicyclic) bond motifs is 2. The Morgan fingerprint density at radius 3 is 3.04 bits per heavy atom. The van der Waals surface area contributed by atoms with Gasteiger partial charge in [0, 0.05) is 5.56 Å². The van der Waals surface area contributed by atoms with Crippen molar-refractivity contribution in [3.8, 4) is 0 Å². The molecule has 6 heteroatoms. The topological polar surface area (TPSA) is 62.8 Å². The van der Waals surface area contributed by atoms with Crippen molar-refractivity contribution in [2.75, 3.05) is 5.75 Å². The molecule has 1 aliphatic carbocycles. The van der Waals surface area contributed by atoms with Crippen LogP contribution < -0.4 is 5.56 Å². The molecule has 0 saturated carbocycles. The average Bonchev–Trinajstić information content (AvgIpc) is 3.20. The quantitative estimate of drug-likeness (QED) is 0.448. The predicted molar refractivity (Wildman–Crippen MR) is 93.8 cm³/mol. The molecule has 1 aliphatic rings. The van der Waals surface area contributed by atoms with Crippen molar-refractivity contribution in [2.24, 2.45) is 0 Å². The Balaban J connectivity index is 1.51. The average molecular weight is 342 g/mol. The molecule has 3 aromatic rings. The van der Waals surface area contributed by atoms with Crippen LogP contribution in [-0.4, -0.2) is 21.5 Å². The van der Waals surface area contributed by atoms with Crippen LogP contribution in [-0.2, 0) is 12.8 Å². The number of carbonyl (C=O) groups is 1. The zero-order valence-electron chi connectivity index (χ0n) is 12.3. The number of carbonyl (C=O) groups excluding carboxylic acids is 1. The lowest BCUT2D eigenvalue weighted by Crippen LogP contribution is -2.09. The van der Waals surface area contributed by atoms with E-state index in [0.717, 1.165) is 18.4 Å². The van der Waals surface area contributed by atoms with Gasteiger partial charge < -0.3 is 4.98 Å². The highest BCUT2D eigenvalue weighted by Crippen LogP contribution is 2.24. The fourth-order valence-corrected chi connectivity index (χ4v) is 4.37. The third-order valence-corrected chi connectivity index (χ3v) is 5.83. The summed E-state index contributed by atoms with van der Waals surface area (Å²) in [7, 11) is 0. The number of aromatic amines is 1. The first-order valence-corrected chi connectivity index (χ1v) is 9.32. The molecule has 0 atom stereocenters. The molecular weight excluding hydrogens is 328 g/mol. The summed E-state index contributed by atoms with van der Waals surface area (Å²) in [6.07, 6.45) is 3.35. The predicted octanol–water partition coefficient (Wildman–Crippen LogP) is 3.45. The van der Waals surface area contributed by atoms with Gasteiger partial charge in [-0.2, -0.15) is 0 Å². The number of aromatic nitrogens is 2. The molecule has 0 fully saturated rings. The summed E-state index contributed by atoms with van der Waals surface area (Å²) in [5.74, 6) is 0.343. The SMILES string of the molecule is O=C(CSc1nc2ccsc2c(=O)[nH]1)c1ccc2c(c1)CCC2. The van der Waals surface area contributed by atoms with E-state index in [-0.39, 0.29) is 17.1 Å². The maximum atomic E-state index is 12.4. The monoisotopic (exact) mass is 342 g/mol. The second-order valence-electron chi connectivity index (χ2n) is 5.55. The highest BCUT2D eigenvalue weighted by molar-refractivity contribution is 7.99. The van der Waals surface area contributed by atoms with E-state index in [1.165, 1.54) is 40.6 Å². The maximum Gasteiger partial charge on any atom is 0.269 e. The number of Topliss-reactive ketones (excluding diaryl/α,β-unsaturated/α-hetero) is 1. The van der Waals surface area contributed by atoms with Crippen molar-refractivity contribution in [3.63, 3.8) is 0 Å². The minimum absolute atomic E-state index is 0.0674. The molecule has 4 nitrogen and oxygen atoms in total. The summed E-state index contributed by atoms with van der Waals surface area (Å²) in [6.45, 7) is 0. The summed E-state index contributed by atoms with van der Waals surface area (Å²) in [4.78, 5) is 31.4. The fourth-order valence-electron chi connectivity index (χ4n) is 2.88. The van der Waals surface area contributed by atoms with Crippen LogP contribution in [0.15, 0.2) is 39.6 Å². The fraction of sp³-hybridized carbons (Fsp3) is 0.235. The number of benzene rings is 1. The van der Waals surface area contributed by atoms with Gasteiger partial charge in [0.1, 0.15) is 4.70 Å². The van der Waals surface area contributed by atoms with Crippen molar-refractivity contribution in [1.82, 2.24) is 9.97 Å². The van der Waals surface area contributed by atoms with Gasteiger partial charge in [-0.15, -0.1) is 11.3 Å². The van der Waals surface area contributed by atoms with Gasteiger partial charge in [0.05, 0.1) is 11.3 Å². The zero-order chi connectivity index (χ0) is 15.8. The summed E-state index contributed by atoms with van der Waals surface area (Å²) >= 11 is 2.65. The molecule has 0 spiro atoms. The second-order valence-corrected chi connectivity index (χ2v) is 7.44. The van der Waals surface area contributed by atoms with E-state index in [2.05, 4.69) is 16.0 Å². The second kappa shape index (κ2) is 5.94. The first-order chi connectivity index (χ1) is 11.2. The Morgan fingerprint density at radius 2 is 2.13 bits per heavy atom. The lowest BCUT2D eigenvalue weighted by molar-refractivity contribution is 0.102. The van der Waals surface area contributed by atoms with Crippen molar-refractivity contribution < 1.29 is 4.79 Å². The zero-order valence-corrected chi connectivity index (χ0v) is 13.9. The number of nitrogens with zero attached hydrogens (tertiary/aromatic N) is 1. The van der Waals surface area contributed by atoms with Gasteiger partial charge in [0.25, 0.3) is 5.56 Å². The largest absolute Gasteiger partial charge is 0.300 e. The van der Waals surface area contributed by atoms with Crippen molar-refractivity contribution >= 4 is 39.1 Å². The number of thioether (sulfide) groups is 1. The van der Waals surface area contributed by atoms with E-state index in [9.17, 15) is 9.59 Å². The molecule has 0 unspecified atom stereocenters. The van der Waals surface area contributed by atoms with Gasteiger partial charge >= 0.3 is 0 Å². The van der Waals surface area contributed by atoms with E-state index in [1.807, 2.05) is 23.6 Å². The molecule has 2 heterocycles. The van der Waals surface area contributed by atoms with Crippen molar-refractivity contribution in [1.29, 1.82) is 0 Å². The molecule has 0 bridgehead atoms. The number of rotatable bonds is 4. The maximum absolute atomic E-state index is 12.4. The smallest absolute Gasteiger partial charge is 0.269 e. The summed E-state index contributed by atoms with van der Waals surface area (Å²) in [5.41, 5.74) is 3.95. The summed E-state index contributed by atoms with van der Waals surface area (Å²) in [5, 5.41) is 2.34. The van der Waals surface area contributed by atoms with Gasteiger partial charge in [-0.1, -0.05) is 23.9 Å². The van der Waals surface area contributed by atoms with Crippen LogP contribution in [0.25, 0.3) is 10.2 Å². The first-order valence-electron chi connectivity index (χ1n) is 7.46. The Kier molecular flexibility index (Phi) is 3.79. The van der Waals surface area contributed by atoms with E-state index in [0.29, 0.717) is 15.4 Å². The van der Waals surface area contributed by atoms with E-state index in [4.69, 9.17) is 0 Å². The highest BCUT2D eigenvalue weighted by atomic mass is 32.2. The van der Waals surface area contributed by atoms with Crippen LogP contribution >= 0.6 is 23.1 Å². The van der Waals surface area contributed by atoms with Crippen LogP contribution in [0.4, 0.5) is 0 Å². The van der Waals surface area contributed by atoms with Crippen LogP contribution in [0.2, 0.25) is 0 Å². The Morgan fingerprint density at radius 1 is 1.26 bits per heavy atom. The highest BCUT2D eigenvalue weighted by Gasteiger charge is 2.15. The lowest BCUT2D eigenvalue weighted by Gasteiger charge is -2.04. The van der Waals surface area contributed by atoms with E-state index >= 15 is 0 Å². The number of ketones is 1. The number of hydrogen-bond acceptors (Lipinski definition) is 5. The standard InChI is InChI=1S/C17H14N2O2S2/c20-14(12-5-4-10-2-1-3-11(10)8-12)9-23-17-18-13-6-7-22-15(13)16(21)19-17/h4-8H,1-3,9H2,(H,18,19,21). The number of thiophene rings is 1. The van der Waals surface area contributed by atoms with Crippen molar-refractivity contribution in [3.05, 3.63) is 56.7 Å². The van der Waals surface area contributed by atoms with Gasteiger partial charge in [-0.05, 0) is 47.9 Å². The van der Waals surface area contributed by atoms with Crippen molar-refractivity contribution in [2.45, 2.75) is 24.4 Å². The molecule has 23 heavy (non-hydrogen) atoms. The van der Waals surface area contributed by atoms with Gasteiger partial charge in [0.15, 0.2) is 10.9 Å². The number of aryl methyl sites for hydroxylation is 2. The molecule has 2 aromatic heterocycles. The van der Waals surface area contributed by atoms with Gasteiger partial charge in [-0.25, -0.2) is 4.98 Å². The molecule has 4 rings (SSSR count). The molecule has 1 aromatic carbocycles. The number of nitrogens with one attached hydrogen (secondary N) is 1. The Labute approximate surface area is 141 Å². The third-order valence-electron chi connectivity index (χ3n) is 4.05. The molecule has 0 saturated heterocycles. The van der Waals surface area contributed by atoms with Crippen LogP contribution in [0.3, 0.4) is 0 Å². The third kappa shape index (κ3) is 2.84. The summed E-state index contributed by atoms with van der Waals surface area (Å²) < 4.78 is 0.624. The van der Waals surface area contributed by atoms with Gasteiger partial charge in [0.2, 0.25) is 0 Å². The number of H-pyrrole nitrogens is 1. The van der Waals surface area contributed by atoms with Gasteiger partial charge in [-0.3, -0.25) is 9.59 Å². The lowest BCUT2D eigenvalue weighted by atomic mass is 10.0. The molecule has 116 valence electrons. The van der Waals surface area contributed by atoms with E-state index < -0.39 is 0 Å². The Bertz CT molecular complexity index is 959. The normalized spacial score (nSPS) is 13.4. The Hall–Kier alpha value is -1.92. The molecule has 1 N–H and O–H groups in total. The summed E-state index contributed by atoms with van der Waals surface area (Å²) in [6, 6.07) is 7.81. The minimum Gasteiger partial charge on any atom is -0.300 e. The van der Waals surface area contributed by atoms with E-state index in [1.54, 1.807) is 0 Å². The number of hydrogen-bond donors (Lipinski definition) is 1. The molecule has 0 amide bonds. The van der Waals surface area contributed by atoms with Crippen LogP contribution in [0.1, 0.15) is 27.9 Å². The first kappa shape index (κ1) is 14.7. The molecule has 0 radical (unpaired) electrons. The van der Waals surface area contributed by atoms with Crippen LogP contribution in [0, 0.1) is 0 Å². The molecular formula is C17H14N2O2S2. The minimum atomic E-state index is -0.141.